The topological polar surface area (TPSA) is 15.7 Å². The highest BCUT2D eigenvalue weighted by atomic mass is 32.2. The second-order valence-electron chi connectivity index (χ2n) is 10.8. The van der Waals surface area contributed by atoms with Crippen molar-refractivity contribution in [1.82, 2.24) is 0 Å². The predicted octanol–water partition coefficient (Wildman–Crippen LogP) is 9.07. The first-order valence-corrected chi connectivity index (χ1v) is 16.0. The summed E-state index contributed by atoms with van der Waals surface area (Å²) in [6, 6.07) is 17.5. The van der Waals surface area contributed by atoms with Crippen LogP contribution in [0.1, 0.15) is 31.2 Å². The van der Waals surface area contributed by atoms with Gasteiger partial charge in [-0.1, -0.05) is 36.0 Å². The molecular weight excluding hydrogens is 537 g/mol. The van der Waals surface area contributed by atoms with Crippen LogP contribution in [0, 0.1) is 5.92 Å². The molecule has 0 bridgehead atoms. The Morgan fingerprint density at radius 3 is 2.77 bits per heavy atom. The van der Waals surface area contributed by atoms with Gasteiger partial charge in [-0.25, -0.2) is 0 Å². The summed E-state index contributed by atoms with van der Waals surface area (Å²) in [7, 11) is 4.32. The van der Waals surface area contributed by atoms with Crippen molar-refractivity contribution in [2.75, 3.05) is 23.9 Å². The second-order valence-corrected chi connectivity index (χ2v) is 13.2. The second kappa shape index (κ2) is 10.3. The zero-order valence-electron chi connectivity index (χ0n) is 22.3. The van der Waals surface area contributed by atoms with Crippen LogP contribution >= 0.6 is 35.7 Å². The van der Waals surface area contributed by atoms with Crippen LogP contribution in [-0.2, 0) is 5.75 Å². The van der Waals surface area contributed by atoms with Crippen LogP contribution in [0.3, 0.4) is 0 Å². The number of ether oxygens (including phenoxy) is 1. The summed E-state index contributed by atoms with van der Waals surface area (Å²) < 4.78 is 6.30. The number of likely N-dealkylation sites (N-methyl/N-ethyl adjacent to an activating group) is 1. The molecule has 6 heteroatoms. The third kappa shape index (κ3) is 4.77. The smallest absolute Gasteiger partial charge is 0.200 e. The predicted molar refractivity (Wildman–Crippen MR) is 170 cm³/mol. The Hall–Kier alpha value is -2.80. The maximum absolute atomic E-state index is 6.30. The van der Waals surface area contributed by atoms with Crippen LogP contribution in [-0.4, -0.2) is 19.5 Å². The molecule has 4 aliphatic rings. The van der Waals surface area contributed by atoms with E-state index >= 15 is 0 Å². The fourth-order valence-corrected chi connectivity index (χ4v) is 8.27. The zero-order valence-corrected chi connectivity index (χ0v) is 24.8. The maximum Gasteiger partial charge on any atom is 0.200 e. The normalized spacial score (nSPS) is 23.9. The van der Waals surface area contributed by atoms with E-state index in [1.54, 1.807) is 11.3 Å². The van der Waals surface area contributed by atoms with Gasteiger partial charge in [-0.05, 0) is 107 Å². The SMILES string of the molecule is CN1/C(=C/C2=CC3=C/C(=C/C4Sc5cc(CS)ccc5N4C)CCC3CC2)Oc2ccc(-c3cccs3)cc21. The maximum atomic E-state index is 6.30. The summed E-state index contributed by atoms with van der Waals surface area (Å²) in [5.74, 6) is 3.29. The number of thioether (sulfide) groups is 1. The first kappa shape index (κ1) is 25.2. The van der Waals surface area contributed by atoms with E-state index in [4.69, 9.17) is 4.74 Å². The van der Waals surface area contributed by atoms with Gasteiger partial charge < -0.3 is 14.5 Å². The minimum absolute atomic E-state index is 0.339. The number of thiophene rings is 1. The molecule has 1 aromatic heterocycles. The molecule has 39 heavy (non-hydrogen) atoms. The van der Waals surface area contributed by atoms with Crippen molar-refractivity contribution in [3.8, 4) is 16.2 Å². The number of allylic oxidation sites excluding steroid dienone is 6. The number of rotatable bonds is 4. The van der Waals surface area contributed by atoms with Gasteiger partial charge in [0.05, 0.1) is 16.7 Å². The first-order chi connectivity index (χ1) is 19.1. The molecule has 198 valence electrons. The number of hydrogen-bond donors (Lipinski definition) is 1. The summed E-state index contributed by atoms with van der Waals surface area (Å²) in [4.78, 5) is 7.24. The van der Waals surface area contributed by atoms with Crippen molar-refractivity contribution in [1.29, 1.82) is 0 Å². The molecule has 0 amide bonds. The van der Waals surface area contributed by atoms with Crippen molar-refractivity contribution in [3.05, 3.63) is 106 Å². The molecule has 0 N–H and O–H groups in total. The summed E-state index contributed by atoms with van der Waals surface area (Å²) >= 11 is 8.18. The summed E-state index contributed by atoms with van der Waals surface area (Å²) in [6.07, 6.45) is 14.3. The molecule has 3 aromatic rings. The zero-order chi connectivity index (χ0) is 26.5. The highest BCUT2D eigenvalue weighted by molar-refractivity contribution is 8.00. The largest absolute Gasteiger partial charge is 0.439 e. The van der Waals surface area contributed by atoms with Gasteiger partial charge in [0, 0.05) is 35.7 Å². The van der Waals surface area contributed by atoms with E-state index in [-0.39, 0.29) is 0 Å². The van der Waals surface area contributed by atoms with Crippen molar-refractivity contribution >= 4 is 47.1 Å². The third-order valence-corrected chi connectivity index (χ3v) is 10.9. The van der Waals surface area contributed by atoms with Gasteiger partial charge in [0.15, 0.2) is 5.75 Å². The number of hydrogen-bond acceptors (Lipinski definition) is 6. The Morgan fingerprint density at radius 1 is 1.03 bits per heavy atom. The molecule has 2 atom stereocenters. The summed E-state index contributed by atoms with van der Waals surface area (Å²) in [5.41, 5.74) is 9.26. The lowest BCUT2D eigenvalue weighted by molar-refractivity contribution is 0.441. The molecule has 0 radical (unpaired) electrons. The van der Waals surface area contributed by atoms with Gasteiger partial charge >= 0.3 is 0 Å². The van der Waals surface area contributed by atoms with E-state index in [1.165, 1.54) is 56.1 Å². The lowest BCUT2D eigenvalue weighted by atomic mass is 9.77. The molecule has 0 saturated carbocycles. The van der Waals surface area contributed by atoms with E-state index < -0.39 is 0 Å². The van der Waals surface area contributed by atoms with Gasteiger partial charge in [0.25, 0.3) is 0 Å². The quantitative estimate of drug-likeness (QED) is 0.316. The van der Waals surface area contributed by atoms with E-state index in [1.807, 2.05) is 11.8 Å². The lowest BCUT2D eigenvalue weighted by Gasteiger charge is -2.29. The van der Waals surface area contributed by atoms with Gasteiger partial charge in [-0.15, -0.1) is 11.3 Å². The number of benzene rings is 2. The Labute approximate surface area is 245 Å². The standard InChI is InChI=1S/C33H32N2OS3/c1-34-28-19-25(30-4-3-13-38-30)10-12-29(28)36-32(34)17-21-5-8-24-9-6-22(15-26(24)14-21)18-33-35(2)27-11-7-23(20-37)16-31(27)39-33/h3-4,7,10-19,24,33,37H,5-6,8-9,20H2,1-2H3/b22-18+,32-17-. The fraction of sp³-hybridized carbons (Fsp3) is 0.273. The Bertz CT molecular complexity index is 1550. The summed E-state index contributed by atoms with van der Waals surface area (Å²) in [6.45, 7) is 0. The number of nitrogens with zero attached hydrogens (tertiary/aromatic N) is 2. The van der Waals surface area contributed by atoms with Crippen molar-refractivity contribution in [2.45, 2.75) is 41.7 Å². The molecular formula is C33H32N2OS3. The van der Waals surface area contributed by atoms with Gasteiger partial charge in [-0.3, -0.25) is 0 Å². The Kier molecular flexibility index (Phi) is 6.66. The van der Waals surface area contributed by atoms with Crippen LogP contribution < -0.4 is 14.5 Å². The van der Waals surface area contributed by atoms with E-state index in [2.05, 4.69) is 115 Å². The molecule has 2 unspecified atom stereocenters. The molecule has 7 rings (SSSR count). The monoisotopic (exact) mass is 568 g/mol. The Balaban J connectivity index is 1.11. The molecule has 2 aromatic carbocycles. The first-order valence-electron chi connectivity index (χ1n) is 13.6. The minimum Gasteiger partial charge on any atom is -0.439 e. The highest BCUT2D eigenvalue weighted by Gasteiger charge is 2.29. The van der Waals surface area contributed by atoms with E-state index in [9.17, 15) is 0 Å². The van der Waals surface area contributed by atoms with Gasteiger partial charge in [0.2, 0.25) is 5.88 Å². The van der Waals surface area contributed by atoms with E-state index in [0.29, 0.717) is 11.3 Å². The van der Waals surface area contributed by atoms with Crippen LogP contribution in [0.5, 0.6) is 5.75 Å². The molecule has 3 heterocycles. The highest BCUT2D eigenvalue weighted by Crippen LogP contribution is 2.46. The summed E-state index contributed by atoms with van der Waals surface area (Å²) in [5, 5.41) is 2.46. The molecule has 3 nitrogen and oxygen atoms in total. The average Bonchev–Trinajstić information content (AvgIpc) is 3.67. The van der Waals surface area contributed by atoms with E-state index in [0.717, 1.165) is 35.9 Å². The van der Waals surface area contributed by atoms with Gasteiger partial charge in [-0.2, -0.15) is 12.6 Å². The molecule has 2 aliphatic carbocycles. The lowest BCUT2D eigenvalue weighted by Crippen LogP contribution is -2.23. The molecule has 0 spiro atoms. The van der Waals surface area contributed by atoms with Crippen molar-refractivity contribution in [2.24, 2.45) is 5.92 Å². The molecule has 0 fully saturated rings. The van der Waals surface area contributed by atoms with Crippen LogP contribution in [0.15, 0.2) is 106 Å². The minimum atomic E-state index is 0.339. The van der Waals surface area contributed by atoms with Crippen molar-refractivity contribution in [3.63, 3.8) is 0 Å². The fourth-order valence-electron chi connectivity index (χ4n) is 6.02. The number of thiol groups is 1. The van der Waals surface area contributed by atoms with Gasteiger partial charge in [0.1, 0.15) is 0 Å². The number of fused-ring (bicyclic) bond motifs is 3. The average molecular weight is 569 g/mol. The number of anilines is 2. The van der Waals surface area contributed by atoms with Crippen LogP contribution in [0.2, 0.25) is 0 Å². The molecule has 2 aliphatic heterocycles. The van der Waals surface area contributed by atoms with Crippen LogP contribution in [0.4, 0.5) is 11.4 Å². The van der Waals surface area contributed by atoms with Crippen LogP contribution in [0.25, 0.3) is 10.4 Å². The third-order valence-electron chi connectivity index (χ3n) is 8.29. The molecule has 0 saturated heterocycles. The van der Waals surface area contributed by atoms with Crippen molar-refractivity contribution < 1.29 is 4.74 Å². The Morgan fingerprint density at radius 2 is 1.92 bits per heavy atom.